The maximum Gasteiger partial charge on any atom is 0.336 e. The van der Waals surface area contributed by atoms with E-state index in [4.69, 9.17) is 25.8 Å². The van der Waals surface area contributed by atoms with Gasteiger partial charge in [-0.05, 0) is 49.6 Å². The van der Waals surface area contributed by atoms with Crippen LogP contribution in [0.3, 0.4) is 0 Å². The second-order valence-electron chi connectivity index (χ2n) is 8.65. The van der Waals surface area contributed by atoms with Crippen LogP contribution in [0.1, 0.15) is 45.6 Å². The fraction of sp³-hybridized carbons (Fsp3) is 0.500. The Morgan fingerprint density at radius 1 is 1.28 bits per heavy atom. The molecule has 3 atom stereocenters. The first-order chi connectivity index (χ1) is 17.2. The Morgan fingerprint density at radius 2 is 2.00 bits per heavy atom. The Morgan fingerprint density at radius 3 is 2.64 bits per heavy atom. The highest BCUT2D eigenvalue weighted by Crippen LogP contribution is 2.48. The number of hydrogen-bond donors (Lipinski definition) is 2. The quantitative estimate of drug-likeness (QED) is 0.269. The van der Waals surface area contributed by atoms with Crippen molar-refractivity contribution in [3.05, 3.63) is 45.3 Å². The maximum absolute atomic E-state index is 13.8. The minimum absolute atomic E-state index is 0.0162. The minimum atomic E-state index is -1.01. The van der Waals surface area contributed by atoms with Crippen LogP contribution < -0.4 is 10.1 Å². The number of carbonyl (C=O) groups excluding carboxylic acids is 3. The van der Waals surface area contributed by atoms with Gasteiger partial charge in [-0.3, -0.25) is 9.59 Å². The van der Waals surface area contributed by atoms with Crippen LogP contribution in [0.25, 0.3) is 0 Å². The van der Waals surface area contributed by atoms with E-state index in [0.717, 1.165) is 5.75 Å². The molecule has 1 aliphatic heterocycles. The highest BCUT2D eigenvalue weighted by atomic mass is 35.5. The number of benzene rings is 1. The molecule has 0 saturated carbocycles. The second kappa shape index (κ2) is 12.1. The third kappa shape index (κ3) is 5.52. The van der Waals surface area contributed by atoms with Crippen molar-refractivity contribution in [3.63, 3.8) is 0 Å². The van der Waals surface area contributed by atoms with Crippen molar-refractivity contribution >= 4 is 41.1 Å². The van der Waals surface area contributed by atoms with E-state index in [2.05, 4.69) is 5.32 Å². The number of Topliss-reactive ketones (excluding diaryl/α,β-unsaturated/α-hetero) is 1. The van der Waals surface area contributed by atoms with Crippen LogP contribution in [0.4, 0.5) is 0 Å². The number of carbonyl (C=O) groups is 3. The van der Waals surface area contributed by atoms with Crippen LogP contribution in [0.2, 0.25) is 5.02 Å². The lowest BCUT2D eigenvalue weighted by molar-refractivity contribution is -0.151. The highest BCUT2D eigenvalue weighted by Gasteiger charge is 2.47. The normalized spacial score (nSPS) is 21.6. The molecule has 1 heterocycles. The number of hydrogen-bond acceptors (Lipinski definition) is 9. The summed E-state index contributed by atoms with van der Waals surface area (Å²) in [6, 6.07) is 3.07. The van der Waals surface area contributed by atoms with Crippen molar-refractivity contribution in [2.75, 3.05) is 31.8 Å². The summed E-state index contributed by atoms with van der Waals surface area (Å²) in [5.74, 6) is -2.37. The van der Waals surface area contributed by atoms with Gasteiger partial charge in [0.15, 0.2) is 17.3 Å². The summed E-state index contributed by atoms with van der Waals surface area (Å²) in [6.07, 6.45) is 0.411. The molecule has 0 bridgehead atoms. The Balaban J connectivity index is 2.17. The number of ether oxygens (including phenoxy) is 3. The molecule has 1 aromatic carbocycles. The van der Waals surface area contributed by atoms with E-state index in [-0.39, 0.29) is 46.8 Å². The summed E-state index contributed by atoms with van der Waals surface area (Å²) in [4.78, 5) is 39.7. The molecule has 0 radical (unpaired) electrons. The molecular formula is C26H32ClNO7S. The SMILES string of the molecule is CCOc1cc([C@@H]2C(C(=O)OCCSCC)=C(C)NC3=C2C(=O)[C@H](C(=O)OC)[C@@H](C)C3)cc(Cl)c1O. The molecule has 2 aliphatic rings. The second-order valence-corrected chi connectivity index (χ2v) is 10.5. The molecule has 1 aromatic rings. The third-order valence-corrected chi connectivity index (χ3v) is 7.46. The number of esters is 2. The molecule has 3 rings (SSSR count). The zero-order chi connectivity index (χ0) is 26.6. The highest BCUT2D eigenvalue weighted by molar-refractivity contribution is 7.99. The molecule has 10 heteroatoms. The molecule has 196 valence electrons. The standard InChI is InChI=1S/C26H32ClNO7S/c1-6-34-18-12-15(11-16(27)23(18)29)21-20(26(32)35-8-9-36-7-2)14(4)28-17-10-13(3)19(25(31)33-5)24(30)22(17)21/h11-13,19,21,28-29H,6-10H2,1-5H3/t13-,19+,21+/m0/s1. The van der Waals surface area contributed by atoms with E-state index in [1.54, 1.807) is 31.7 Å². The fourth-order valence-corrected chi connectivity index (χ4v) is 5.43. The molecule has 36 heavy (non-hydrogen) atoms. The number of dihydropyridines is 1. The third-order valence-electron chi connectivity index (χ3n) is 6.31. The van der Waals surface area contributed by atoms with Crippen molar-refractivity contribution in [3.8, 4) is 11.5 Å². The summed E-state index contributed by atoms with van der Waals surface area (Å²) >= 11 is 7.98. The van der Waals surface area contributed by atoms with Crippen molar-refractivity contribution in [2.24, 2.45) is 11.8 Å². The number of methoxy groups -OCH3 is 1. The Labute approximate surface area is 220 Å². The van der Waals surface area contributed by atoms with Crippen molar-refractivity contribution in [2.45, 2.75) is 40.0 Å². The molecule has 8 nitrogen and oxygen atoms in total. The van der Waals surface area contributed by atoms with Gasteiger partial charge in [0.1, 0.15) is 12.5 Å². The average Bonchev–Trinajstić information content (AvgIpc) is 2.83. The van der Waals surface area contributed by atoms with Crippen molar-refractivity contribution < 1.29 is 33.7 Å². The van der Waals surface area contributed by atoms with Gasteiger partial charge < -0.3 is 24.6 Å². The number of thioether (sulfide) groups is 1. The molecule has 0 spiro atoms. The number of phenolic OH excluding ortho intramolecular Hbond substituents is 1. The van der Waals surface area contributed by atoms with Gasteiger partial charge in [0.25, 0.3) is 0 Å². The number of aromatic hydroxyl groups is 1. The first kappa shape index (κ1) is 27.9. The lowest BCUT2D eigenvalue weighted by Crippen LogP contribution is -2.43. The molecule has 0 unspecified atom stereocenters. The first-order valence-corrected chi connectivity index (χ1v) is 13.4. The van der Waals surface area contributed by atoms with Crippen LogP contribution >= 0.6 is 23.4 Å². The van der Waals surface area contributed by atoms with Gasteiger partial charge >= 0.3 is 11.9 Å². The fourth-order valence-electron chi connectivity index (χ4n) is 4.73. The molecule has 0 aromatic heterocycles. The Bertz CT molecular complexity index is 1110. The van der Waals surface area contributed by atoms with Gasteiger partial charge in [-0.2, -0.15) is 11.8 Å². The molecule has 0 amide bonds. The van der Waals surface area contributed by atoms with E-state index in [1.807, 2.05) is 13.8 Å². The van der Waals surface area contributed by atoms with E-state index in [0.29, 0.717) is 29.1 Å². The van der Waals surface area contributed by atoms with Crippen LogP contribution in [0, 0.1) is 11.8 Å². The van der Waals surface area contributed by atoms with Gasteiger partial charge in [-0.1, -0.05) is 25.4 Å². The van der Waals surface area contributed by atoms with Gasteiger partial charge in [0.05, 0.1) is 24.3 Å². The predicted molar refractivity (Wildman–Crippen MR) is 138 cm³/mol. The zero-order valence-electron chi connectivity index (χ0n) is 21.1. The largest absolute Gasteiger partial charge is 0.503 e. The predicted octanol–water partition coefficient (Wildman–Crippen LogP) is 4.35. The smallest absolute Gasteiger partial charge is 0.336 e. The van der Waals surface area contributed by atoms with Crippen LogP contribution in [0.5, 0.6) is 11.5 Å². The van der Waals surface area contributed by atoms with Crippen LogP contribution in [0.15, 0.2) is 34.7 Å². The zero-order valence-corrected chi connectivity index (χ0v) is 22.7. The Hall–Kier alpha value is -2.65. The maximum atomic E-state index is 13.8. The van der Waals surface area contributed by atoms with Gasteiger partial charge in [0, 0.05) is 28.6 Å². The molecular weight excluding hydrogens is 506 g/mol. The lowest BCUT2D eigenvalue weighted by atomic mass is 9.69. The number of rotatable bonds is 9. The van der Waals surface area contributed by atoms with Crippen molar-refractivity contribution in [1.29, 1.82) is 0 Å². The van der Waals surface area contributed by atoms with Crippen molar-refractivity contribution in [1.82, 2.24) is 5.32 Å². The minimum Gasteiger partial charge on any atom is -0.503 e. The van der Waals surface area contributed by atoms with E-state index < -0.39 is 29.6 Å². The summed E-state index contributed by atoms with van der Waals surface area (Å²) in [6.45, 7) is 7.84. The van der Waals surface area contributed by atoms with E-state index >= 15 is 0 Å². The van der Waals surface area contributed by atoms with Gasteiger partial charge in [-0.15, -0.1) is 0 Å². The molecule has 0 saturated heterocycles. The number of allylic oxidation sites excluding steroid dienone is 3. The average molecular weight is 538 g/mol. The van der Waals surface area contributed by atoms with Crippen LogP contribution in [-0.2, 0) is 23.9 Å². The number of phenols is 1. The lowest BCUT2D eigenvalue weighted by Gasteiger charge is -2.38. The number of ketones is 1. The molecule has 1 aliphatic carbocycles. The van der Waals surface area contributed by atoms with E-state index in [1.165, 1.54) is 13.2 Å². The molecule has 0 fully saturated rings. The van der Waals surface area contributed by atoms with E-state index in [9.17, 15) is 19.5 Å². The topological polar surface area (TPSA) is 111 Å². The number of nitrogens with one attached hydrogen (secondary N) is 1. The first-order valence-electron chi connectivity index (χ1n) is 11.9. The van der Waals surface area contributed by atoms with Gasteiger partial charge in [0.2, 0.25) is 0 Å². The van der Waals surface area contributed by atoms with Gasteiger partial charge in [-0.25, -0.2) is 4.79 Å². The van der Waals surface area contributed by atoms with Crippen LogP contribution in [-0.4, -0.2) is 54.7 Å². The summed E-state index contributed by atoms with van der Waals surface area (Å²) < 4.78 is 16.1. The summed E-state index contributed by atoms with van der Waals surface area (Å²) in [7, 11) is 1.25. The monoisotopic (exact) mass is 537 g/mol. The number of halogens is 1. The summed E-state index contributed by atoms with van der Waals surface area (Å²) in [5.41, 5.74) is 2.18. The molecule has 2 N–H and O–H groups in total. The Kier molecular flexibility index (Phi) is 9.35. The summed E-state index contributed by atoms with van der Waals surface area (Å²) in [5, 5.41) is 13.6.